The van der Waals surface area contributed by atoms with E-state index in [1.807, 2.05) is 6.07 Å². The lowest BCUT2D eigenvalue weighted by atomic mass is 10.1. The Labute approximate surface area is 104 Å². The maximum absolute atomic E-state index is 13.0. The van der Waals surface area contributed by atoms with Crippen LogP contribution in [0.25, 0.3) is 0 Å². The topological polar surface area (TPSA) is 48.2 Å². The molecular weight excluding hydrogens is 235 g/mol. The number of rotatable bonds is 3. The number of hydrogen-bond acceptors (Lipinski definition) is 4. The van der Waals surface area contributed by atoms with E-state index >= 15 is 0 Å². The molecule has 18 heavy (non-hydrogen) atoms. The highest BCUT2D eigenvalue weighted by atomic mass is 19.1. The van der Waals surface area contributed by atoms with Crippen molar-refractivity contribution < 1.29 is 13.7 Å². The minimum atomic E-state index is -0.254. The van der Waals surface area contributed by atoms with Gasteiger partial charge >= 0.3 is 0 Å². The van der Waals surface area contributed by atoms with Gasteiger partial charge in [0.15, 0.2) is 5.82 Å². The van der Waals surface area contributed by atoms with Crippen LogP contribution in [0.5, 0.6) is 0 Å². The van der Waals surface area contributed by atoms with Crippen molar-refractivity contribution in [3.05, 3.63) is 47.4 Å². The first-order valence-corrected chi connectivity index (χ1v) is 6.00. The van der Waals surface area contributed by atoms with Crippen molar-refractivity contribution in [3.63, 3.8) is 0 Å². The van der Waals surface area contributed by atoms with E-state index in [2.05, 4.69) is 10.1 Å². The molecule has 0 radical (unpaired) electrons. The van der Waals surface area contributed by atoms with E-state index in [-0.39, 0.29) is 11.9 Å². The Morgan fingerprint density at radius 3 is 3.11 bits per heavy atom. The van der Waals surface area contributed by atoms with Gasteiger partial charge in [-0.15, -0.1) is 0 Å². The molecule has 5 heteroatoms. The Balaban J connectivity index is 1.73. The van der Waals surface area contributed by atoms with Crippen LogP contribution in [0.3, 0.4) is 0 Å². The standard InChI is InChI=1S/C13H13FN2O2/c14-10-4-1-3-9(7-10)8-12-15-13(18-16-12)11-5-2-6-17-11/h1,3-4,7,11H,2,5-6,8H2. The second-order valence-electron chi connectivity index (χ2n) is 4.36. The SMILES string of the molecule is Fc1cccc(Cc2noc(C3CCCO3)n2)c1. The highest BCUT2D eigenvalue weighted by Gasteiger charge is 2.23. The molecule has 2 aromatic rings. The minimum Gasteiger partial charge on any atom is -0.368 e. The monoisotopic (exact) mass is 248 g/mol. The lowest BCUT2D eigenvalue weighted by molar-refractivity contribution is 0.0835. The molecule has 0 bridgehead atoms. The van der Waals surface area contributed by atoms with Gasteiger partial charge in [0.25, 0.3) is 5.89 Å². The molecule has 1 aromatic carbocycles. The molecule has 1 aliphatic heterocycles. The van der Waals surface area contributed by atoms with E-state index in [9.17, 15) is 4.39 Å². The summed E-state index contributed by atoms with van der Waals surface area (Å²) in [6.07, 6.45) is 2.33. The normalized spacial score (nSPS) is 19.3. The van der Waals surface area contributed by atoms with Gasteiger partial charge in [-0.05, 0) is 30.5 Å². The van der Waals surface area contributed by atoms with Gasteiger partial charge in [-0.2, -0.15) is 4.98 Å². The van der Waals surface area contributed by atoms with Crippen LogP contribution in [0.2, 0.25) is 0 Å². The lowest BCUT2D eigenvalue weighted by Gasteiger charge is -2.00. The highest BCUT2D eigenvalue weighted by Crippen LogP contribution is 2.27. The Morgan fingerprint density at radius 2 is 2.33 bits per heavy atom. The molecular formula is C13H13FN2O2. The van der Waals surface area contributed by atoms with Gasteiger partial charge in [-0.25, -0.2) is 4.39 Å². The minimum absolute atomic E-state index is 0.0706. The van der Waals surface area contributed by atoms with Crippen molar-refractivity contribution in [1.82, 2.24) is 10.1 Å². The summed E-state index contributed by atoms with van der Waals surface area (Å²) in [7, 11) is 0. The fourth-order valence-corrected chi connectivity index (χ4v) is 2.07. The number of nitrogens with zero attached hydrogens (tertiary/aromatic N) is 2. The maximum atomic E-state index is 13.0. The number of ether oxygens (including phenoxy) is 1. The largest absolute Gasteiger partial charge is 0.368 e. The van der Waals surface area contributed by atoms with Gasteiger partial charge in [0, 0.05) is 13.0 Å². The molecule has 0 amide bonds. The molecule has 94 valence electrons. The highest BCUT2D eigenvalue weighted by molar-refractivity contribution is 5.19. The van der Waals surface area contributed by atoms with E-state index in [0.29, 0.717) is 18.1 Å². The molecule has 0 saturated carbocycles. The third kappa shape index (κ3) is 2.41. The Bertz CT molecular complexity index is 535. The quantitative estimate of drug-likeness (QED) is 0.837. The summed E-state index contributed by atoms with van der Waals surface area (Å²) in [6.45, 7) is 0.742. The smallest absolute Gasteiger partial charge is 0.255 e. The molecule has 1 atom stereocenters. The molecule has 4 nitrogen and oxygen atoms in total. The zero-order chi connectivity index (χ0) is 12.4. The van der Waals surface area contributed by atoms with Crippen molar-refractivity contribution in [2.24, 2.45) is 0 Å². The van der Waals surface area contributed by atoms with Crippen molar-refractivity contribution in [2.45, 2.75) is 25.4 Å². The van der Waals surface area contributed by atoms with Crippen LogP contribution in [-0.4, -0.2) is 16.7 Å². The first-order valence-electron chi connectivity index (χ1n) is 6.00. The van der Waals surface area contributed by atoms with Gasteiger partial charge in [0.05, 0.1) is 0 Å². The fraction of sp³-hybridized carbons (Fsp3) is 0.385. The Kier molecular flexibility index (Phi) is 3.06. The Hall–Kier alpha value is -1.75. The maximum Gasteiger partial charge on any atom is 0.255 e. The molecule has 0 aliphatic carbocycles. The molecule has 1 saturated heterocycles. The first-order chi connectivity index (χ1) is 8.81. The van der Waals surface area contributed by atoms with E-state index in [4.69, 9.17) is 9.26 Å². The molecule has 1 fully saturated rings. The fourth-order valence-electron chi connectivity index (χ4n) is 2.07. The third-order valence-electron chi connectivity index (χ3n) is 2.94. The summed E-state index contributed by atoms with van der Waals surface area (Å²) >= 11 is 0. The van der Waals surface area contributed by atoms with Crippen molar-refractivity contribution in [1.29, 1.82) is 0 Å². The van der Waals surface area contributed by atoms with Crippen LogP contribution < -0.4 is 0 Å². The van der Waals surface area contributed by atoms with Gasteiger partial charge in [-0.3, -0.25) is 0 Å². The number of benzene rings is 1. The Morgan fingerprint density at radius 1 is 1.39 bits per heavy atom. The van der Waals surface area contributed by atoms with E-state index in [0.717, 1.165) is 25.0 Å². The summed E-state index contributed by atoms with van der Waals surface area (Å²) in [5.41, 5.74) is 0.828. The number of halogens is 1. The average molecular weight is 248 g/mol. The second kappa shape index (κ2) is 4.86. The summed E-state index contributed by atoms with van der Waals surface area (Å²) in [4.78, 5) is 4.29. The van der Waals surface area contributed by atoms with Gasteiger partial charge in [0.2, 0.25) is 0 Å². The predicted molar refractivity (Wildman–Crippen MR) is 61.4 cm³/mol. The van der Waals surface area contributed by atoms with Crippen LogP contribution in [-0.2, 0) is 11.2 Å². The zero-order valence-electron chi connectivity index (χ0n) is 9.80. The molecule has 3 rings (SSSR count). The van der Waals surface area contributed by atoms with Crippen LogP contribution in [0.15, 0.2) is 28.8 Å². The van der Waals surface area contributed by atoms with Crippen LogP contribution in [0.4, 0.5) is 4.39 Å². The lowest BCUT2D eigenvalue weighted by Crippen LogP contribution is -1.97. The van der Waals surface area contributed by atoms with Crippen LogP contribution in [0.1, 0.15) is 36.2 Å². The van der Waals surface area contributed by atoms with Gasteiger partial charge in [-0.1, -0.05) is 17.3 Å². The summed E-state index contributed by atoms with van der Waals surface area (Å²) in [5.74, 6) is 0.834. The van der Waals surface area contributed by atoms with Crippen molar-refractivity contribution >= 4 is 0 Å². The molecule has 0 N–H and O–H groups in total. The summed E-state index contributed by atoms with van der Waals surface area (Å²) in [6, 6.07) is 6.40. The predicted octanol–water partition coefficient (Wildman–Crippen LogP) is 2.65. The second-order valence-corrected chi connectivity index (χ2v) is 4.36. The zero-order valence-corrected chi connectivity index (χ0v) is 9.80. The van der Waals surface area contributed by atoms with E-state index in [1.54, 1.807) is 6.07 Å². The summed E-state index contributed by atoms with van der Waals surface area (Å²) in [5, 5.41) is 3.90. The molecule has 1 aliphatic rings. The van der Waals surface area contributed by atoms with E-state index in [1.165, 1.54) is 12.1 Å². The molecule has 2 heterocycles. The van der Waals surface area contributed by atoms with Crippen molar-refractivity contribution in [3.8, 4) is 0 Å². The van der Waals surface area contributed by atoms with Crippen LogP contribution in [0, 0.1) is 5.82 Å². The van der Waals surface area contributed by atoms with E-state index < -0.39 is 0 Å². The third-order valence-corrected chi connectivity index (χ3v) is 2.94. The van der Waals surface area contributed by atoms with Gasteiger partial charge < -0.3 is 9.26 Å². The first kappa shape index (κ1) is 11.3. The molecule has 0 spiro atoms. The number of aromatic nitrogens is 2. The molecule has 1 unspecified atom stereocenters. The average Bonchev–Trinajstić information content (AvgIpc) is 2.98. The molecule has 1 aromatic heterocycles. The van der Waals surface area contributed by atoms with Gasteiger partial charge in [0.1, 0.15) is 11.9 Å². The van der Waals surface area contributed by atoms with Crippen LogP contribution >= 0.6 is 0 Å². The number of hydrogen-bond donors (Lipinski definition) is 0. The van der Waals surface area contributed by atoms with Crippen molar-refractivity contribution in [2.75, 3.05) is 6.61 Å². The summed E-state index contributed by atoms with van der Waals surface area (Å²) < 4.78 is 23.7.